The van der Waals surface area contributed by atoms with Gasteiger partial charge >= 0.3 is 6.03 Å². The molecule has 3 aromatic rings. The highest BCUT2D eigenvalue weighted by Gasteiger charge is 2.21. The van der Waals surface area contributed by atoms with Crippen LogP contribution in [0.15, 0.2) is 36.0 Å². The summed E-state index contributed by atoms with van der Waals surface area (Å²) >= 11 is 1.67. The Morgan fingerprint density at radius 1 is 1.26 bits per heavy atom. The highest BCUT2D eigenvalue weighted by molar-refractivity contribution is 7.09. The van der Waals surface area contributed by atoms with Crippen LogP contribution < -0.4 is 5.32 Å². The lowest BCUT2D eigenvalue weighted by Crippen LogP contribution is -2.49. The molecule has 4 rings (SSSR count). The van der Waals surface area contributed by atoms with Crippen molar-refractivity contribution in [3.63, 3.8) is 0 Å². The first-order valence-corrected chi connectivity index (χ1v) is 9.58. The fourth-order valence-corrected chi connectivity index (χ4v) is 3.63. The smallest absolute Gasteiger partial charge is 0.321 e. The van der Waals surface area contributed by atoms with E-state index in [4.69, 9.17) is 0 Å². The van der Waals surface area contributed by atoms with Gasteiger partial charge in [-0.1, -0.05) is 6.07 Å². The molecule has 1 fully saturated rings. The van der Waals surface area contributed by atoms with E-state index in [1.165, 1.54) is 6.33 Å². The van der Waals surface area contributed by atoms with Crippen LogP contribution in [0, 0.1) is 6.92 Å². The SMILES string of the molecule is Cc1nc(CN2CCN(C(=O)Nc3cccc(-n4cnnn4)c3)CC2)cs1. The topological polar surface area (TPSA) is 92.1 Å². The van der Waals surface area contributed by atoms with Crippen molar-refractivity contribution in [3.05, 3.63) is 46.7 Å². The number of aryl methyl sites for hydroxylation is 1. The van der Waals surface area contributed by atoms with Gasteiger partial charge in [-0.25, -0.2) is 14.5 Å². The maximum Gasteiger partial charge on any atom is 0.321 e. The number of hydrogen-bond acceptors (Lipinski definition) is 7. The number of carbonyl (C=O) groups excluding carboxylic acids is 1. The number of anilines is 1. The Hall–Kier alpha value is -2.85. The van der Waals surface area contributed by atoms with Crippen LogP contribution in [0.5, 0.6) is 0 Å². The Morgan fingerprint density at radius 3 is 2.81 bits per heavy atom. The molecule has 27 heavy (non-hydrogen) atoms. The Bertz CT molecular complexity index is 901. The minimum absolute atomic E-state index is 0.0898. The molecular formula is C17H20N8OS. The van der Waals surface area contributed by atoms with E-state index in [9.17, 15) is 4.79 Å². The van der Waals surface area contributed by atoms with Gasteiger partial charge in [-0.15, -0.1) is 16.4 Å². The summed E-state index contributed by atoms with van der Waals surface area (Å²) in [6.07, 6.45) is 1.52. The zero-order chi connectivity index (χ0) is 18.6. The molecule has 3 heterocycles. The summed E-state index contributed by atoms with van der Waals surface area (Å²) in [6, 6.07) is 7.35. The number of urea groups is 1. The van der Waals surface area contributed by atoms with E-state index >= 15 is 0 Å². The fraction of sp³-hybridized carbons (Fsp3) is 0.353. The summed E-state index contributed by atoms with van der Waals surface area (Å²) < 4.78 is 1.55. The molecule has 0 unspecified atom stereocenters. The van der Waals surface area contributed by atoms with Gasteiger partial charge in [0.05, 0.1) is 16.4 Å². The molecule has 1 aromatic carbocycles. The number of piperazine rings is 1. The molecule has 140 valence electrons. The van der Waals surface area contributed by atoms with E-state index in [2.05, 4.69) is 36.1 Å². The maximum absolute atomic E-state index is 12.6. The number of thiazole rings is 1. The van der Waals surface area contributed by atoms with Crippen molar-refractivity contribution >= 4 is 23.1 Å². The molecule has 10 heteroatoms. The van der Waals surface area contributed by atoms with E-state index < -0.39 is 0 Å². The quantitative estimate of drug-likeness (QED) is 0.737. The number of nitrogens with one attached hydrogen (secondary N) is 1. The largest absolute Gasteiger partial charge is 0.322 e. The third-order valence-corrected chi connectivity index (χ3v) is 5.24. The summed E-state index contributed by atoms with van der Waals surface area (Å²) in [7, 11) is 0. The first kappa shape index (κ1) is 17.6. The molecule has 0 saturated carbocycles. The van der Waals surface area contributed by atoms with E-state index in [-0.39, 0.29) is 6.03 Å². The maximum atomic E-state index is 12.6. The lowest BCUT2D eigenvalue weighted by atomic mass is 10.2. The average molecular weight is 384 g/mol. The van der Waals surface area contributed by atoms with Crippen molar-refractivity contribution in [1.82, 2.24) is 35.0 Å². The normalized spacial score (nSPS) is 15.1. The summed E-state index contributed by atoms with van der Waals surface area (Å²) in [5.41, 5.74) is 2.62. The summed E-state index contributed by atoms with van der Waals surface area (Å²) in [5, 5.41) is 17.3. The van der Waals surface area contributed by atoms with Crippen molar-refractivity contribution < 1.29 is 4.79 Å². The van der Waals surface area contributed by atoms with Crippen LogP contribution in [0.1, 0.15) is 10.7 Å². The van der Waals surface area contributed by atoms with E-state index in [1.807, 2.05) is 36.1 Å². The van der Waals surface area contributed by atoms with Crippen LogP contribution >= 0.6 is 11.3 Å². The van der Waals surface area contributed by atoms with Gasteiger partial charge in [0.1, 0.15) is 6.33 Å². The third-order valence-electron chi connectivity index (χ3n) is 4.42. The first-order valence-electron chi connectivity index (χ1n) is 8.70. The molecule has 0 bridgehead atoms. The molecule has 1 aliphatic heterocycles. The number of tetrazole rings is 1. The first-order chi connectivity index (χ1) is 13.2. The van der Waals surface area contributed by atoms with Crippen molar-refractivity contribution in [1.29, 1.82) is 0 Å². The van der Waals surface area contributed by atoms with Gasteiger partial charge in [0.15, 0.2) is 0 Å². The van der Waals surface area contributed by atoms with Crippen molar-refractivity contribution in [2.24, 2.45) is 0 Å². The molecule has 1 N–H and O–H groups in total. The zero-order valence-corrected chi connectivity index (χ0v) is 15.8. The second-order valence-electron chi connectivity index (χ2n) is 6.36. The molecule has 0 radical (unpaired) electrons. The Morgan fingerprint density at radius 2 is 2.11 bits per heavy atom. The van der Waals surface area contributed by atoms with Crippen LogP contribution in [-0.4, -0.2) is 67.2 Å². The van der Waals surface area contributed by atoms with Crippen LogP contribution in [-0.2, 0) is 6.54 Å². The van der Waals surface area contributed by atoms with Crippen molar-refractivity contribution in [2.75, 3.05) is 31.5 Å². The number of nitrogens with zero attached hydrogens (tertiary/aromatic N) is 7. The lowest BCUT2D eigenvalue weighted by molar-refractivity contribution is 0.142. The average Bonchev–Trinajstić information content (AvgIpc) is 3.35. The van der Waals surface area contributed by atoms with E-state index in [1.54, 1.807) is 16.0 Å². The molecule has 2 amide bonds. The van der Waals surface area contributed by atoms with Gasteiger partial charge in [0, 0.05) is 43.8 Å². The zero-order valence-electron chi connectivity index (χ0n) is 14.9. The number of benzene rings is 1. The minimum Gasteiger partial charge on any atom is -0.322 e. The Balaban J connectivity index is 1.31. The van der Waals surface area contributed by atoms with Gasteiger partial charge in [-0.05, 0) is 35.5 Å². The molecule has 0 aliphatic carbocycles. The monoisotopic (exact) mass is 384 g/mol. The van der Waals surface area contributed by atoms with Gasteiger partial charge in [-0.3, -0.25) is 4.90 Å². The Labute approximate surface area is 160 Å². The highest BCUT2D eigenvalue weighted by atomic mass is 32.1. The van der Waals surface area contributed by atoms with Crippen LogP contribution in [0.3, 0.4) is 0 Å². The predicted octanol–water partition coefficient (Wildman–Crippen LogP) is 1.78. The summed E-state index contributed by atoms with van der Waals surface area (Å²) in [6.45, 7) is 5.94. The predicted molar refractivity (Wildman–Crippen MR) is 102 cm³/mol. The number of carbonyl (C=O) groups is 1. The number of hydrogen-bond donors (Lipinski definition) is 1. The van der Waals surface area contributed by atoms with Crippen molar-refractivity contribution in [3.8, 4) is 5.69 Å². The van der Waals surface area contributed by atoms with E-state index in [0.29, 0.717) is 18.8 Å². The van der Waals surface area contributed by atoms with Gasteiger partial charge in [0.25, 0.3) is 0 Å². The number of rotatable bonds is 4. The van der Waals surface area contributed by atoms with Gasteiger partial charge < -0.3 is 10.2 Å². The second-order valence-corrected chi connectivity index (χ2v) is 7.42. The van der Waals surface area contributed by atoms with Crippen LogP contribution in [0.4, 0.5) is 10.5 Å². The van der Waals surface area contributed by atoms with Crippen molar-refractivity contribution in [2.45, 2.75) is 13.5 Å². The minimum atomic E-state index is -0.0898. The fourth-order valence-electron chi connectivity index (χ4n) is 3.03. The molecule has 1 saturated heterocycles. The third kappa shape index (κ3) is 4.29. The van der Waals surface area contributed by atoms with Gasteiger partial charge in [0.2, 0.25) is 0 Å². The molecule has 9 nitrogen and oxygen atoms in total. The molecule has 2 aromatic heterocycles. The Kier molecular flexibility index (Phi) is 5.07. The lowest BCUT2D eigenvalue weighted by Gasteiger charge is -2.34. The summed E-state index contributed by atoms with van der Waals surface area (Å²) in [5.74, 6) is 0. The molecule has 0 atom stereocenters. The van der Waals surface area contributed by atoms with Crippen LogP contribution in [0.25, 0.3) is 5.69 Å². The number of amides is 2. The number of aromatic nitrogens is 5. The summed E-state index contributed by atoms with van der Waals surface area (Å²) in [4.78, 5) is 21.3. The van der Waals surface area contributed by atoms with E-state index in [0.717, 1.165) is 36.0 Å². The molecule has 1 aliphatic rings. The molecular weight excluding hydrogens is 364 g/mol. The molecule has 0 spiro atoms. The highest BCUT2D eigenvalue weighted by Crippen LogP contribution is 2.16. The second kappa shape index (κ2) is 7.80. The van der Waals surface area contributed by atoms with Crippen LogP contribution in [0.2, 0.25) is 0 Å². The standard InChI is InChI=1S/C17H20N8OS/c1-13-19-15(11-27-13)10-23-5-7-24(8-6-23)17(26)20-14-3-2-4-16(9-14)25-12-18-21-22-25/h2-4,9,11-12H,5-8,10H2,1H3,(H,20,26). The van der Waals surface area contributed by atoms with Gasteiger partial charge in [-0.2, -0.15) is 0 Å².